The fourth-order valence-corrected chi connectivity index (χ4v) is 3.73. The second-order valence-electron chi connectivity index (χ2n) is 6.62. The highest BCUT2D eigenvalue weighted by atomic mass is 16.7. The van der Waals surface area contributed by atoms with Gasteiger partial charge in [0.2, 0.25) is 5.88 Å². The van der Waals surface area contributed by atoms with Gasteiger partial charge >= 0.3 is 5.97 Å². The van der Waals surface area contributed by atoms with E-state index in [9.17, 15) is 14.4 Å². The number of ether oxygens (including phenoxy) is 2. The van der Waals surface area contributed by atoms with E-state index in [1.165, 1.54) is 18.3 Å². The number of hydroxylamine groups is 2. The van der Waals surface area contributed by atoms with E-state index in [2.05, 4.69) is 4.98 Å². The molecule has 2 saturated heterocycles. The standard InChI is InChI=1S/C20H14N2O6/c23-18-15-13-8-9-14(27-13)16(15)19(24)22(18)28-20(25)12-7-4-10-21-17(12)26-11-5-2-1-3-6-11/h1-10,13-16H/t13-,14+,15-,16+. The Morgan fingerprint density at radius 1 is 0.964 bits per heavy atom. The number of benzene rings is 1. The van der Waals surface area contributed by atoms with Gasteiger partial charge in [-0.25, -0.2) is 9.78 Å². The topological polar surface area (TPSA) is 95.0 Å². The first kappa shape index (κ1) is 16.6. The van der Waals surface area contributed by atoms with Crippen molar-refractivity contribution in [3.05, 3.63) is 66.4 Å². The van der Waals surface area contributed by atoms with Crippen LogP contribution < -0.4 is 4.74 Å². The van der Waals surface area contributed by atoms with Crippen molar-refractivity contribution in [2.45, 2.75) is 12.2 Å². The maximum atomic E-state index is 12.7. The predicted molar refractivity (Wildman–Crippen MR) is 92.8 cm³/mol. The minimum Gasteiger partial charge on any atom is -0.438 e. The number of hydrogen-bond acceptors (Lipinski definition) is 7. The number of fused-ring (bicyclic) bond motifs is 5. The molecule has 140 valence electrons. The number of imide groups is 1. The lowest BCUT2D eigenvalue weighted by atomic mass is 9.85. The highest BCUT2D eigenvalue weighted by molar-refractivity contribution is 6.07. The molecule has 5 rings (SSSR count). The third-order valence-electron chi connectivity index (χ3n) is 4.99. The molecule has 8 nitrogen and oxygen atoms in total. The highest BCUT2D eigenvalue weighted by Gasteiger charge is 2.62. The van der Waals surface area contributed by atoms with Crippen molar-refractivity contribution < 1.29 is 28.7 Å². The molecule has 0 aliphatic carbocycles. The van der Waals surface area contributed by atoms with Gasteiger partial charge in [-0.1, -0.05) is 30.4 Å². The van der Waals surface area contributed by atoms with Crippen LogP contribution in [0.15, 0.2) is 60.8 Å². The van der Waals surface area contributed by atoms with Gasteiger partial charge < -0.3 is 14.3 Å². The Morgan fingerprint density at radius 2 is 1.64 bits per heavy atom. The molecule has 1 aromatic heterocycles. The zero-order chi connectivity index (χ0) is 19.3. The summed E-state index contributed by atoms with van der Waals surface area (Å²) in [7, 11) is 0. The molecule has 1 aromatic carbocycles. The van der Waals surface area contributed by atoms with Crippen LogP contribution in [0.4, 0.5) is 0 Å². The van der Waals surface area contributed by atoms with Crippen LogP contribution >= 0.6 is 0 Å². The average Bonchev–Trinajstić information content (AvgIpc) is 3.39. The van der Waals surface area contributed by atoms with Gasteiger partial charge in [-0.3, -0.25) is 9.59 Å². The average molecular weight is 378 g/mol. The largest absolute Gasteiger partial charge is 0.438 e. The number of amides is 2. The molecule has 0 unspecified atom stereocenters. The van der Waals surface area contributed by atoms with Gasteiger partial charge in [0, 0.05) is 6.20 Å². The van der Waals surface area contributed by atoms with E-state index in [1.54, 1.807) is 36.4 Å². The smallest absolute Gasteiger partial charge is 0.369 e. The molecule has 2 fully saturated rings. The predicted octanol–water partition coefficient (Wildman–Crippen LogP) is 1.88. The van der Waals surface area contributed by atoms with Crippen LogP contribution in [0.2, 0.25) is 0 Å². The summed E-state index contributed by atoms with van der Waals surface area (Å²) in [6.07, 6.45) is 4.08. The number of hydrogen-bond donors (Lipinski definition) is 0. The summed E-state index contributed by atoms with van der Waals surface area (Å²) in [4.78, 5) is 47.1. The molecule has 2 bridgehead atoms. The highest BCUT2D eigenvalue weighted by Crippen LogP contribution is 2.45. The quantitative estimate of drug-likeness (QED) is 0.592. The Kier molecular flexibility index (Phi) is 3.73. The van der Waals surface area contributed by atoms with E-state index in [-0.39, 0.29) is 11.4 Å². The molecule has 4 heterocycles. The first-order valence-corrected chi connectivity index (χ1v) is 8.75. The van der Waals surface area contributed by atoms with E-state index in [0.29, 0.717) is 10.8 Å². The number of carbonyl (C=O) groups excluding carboxylic acids is 3. The lowest BCUT2D eigenvalue weighted by Gasteiger charge is -2.17. The summed E-state index contributed by atoms with van der Waals surface area (Å²) in [6.45, 7) is 0. The van der Waals surface area contributed by atoms with E-state index in [4.69, 9.17) is 14.3 Å². The fourth-order valence-electron chi connectivity index (χ4n) is 3.73. The lowest BCUT2D eigenvalue weighted by Crippen LogP contribution is -2.36. The SMILES string of the molecule is O=C(ON1C(=O)[C@@H]2[C@H](C1=O)[C@H]1C=C[C@@H]2O1)c1cccnc1Oc1ccccc1. The van der Waals surface area contributed by atoms with Crippen LogP contribution in [-0.4, -0.2) is 40.0 Å². The van der Waals surface area contributed by atoms with Crippen LogP contribution in [0.3, 0.4) is 0 Å². The molecule has 0 radical (unpaired) electrons. The van der Waals surface area contributed by atoms with Gasteiger partial charge in [0.05, 0.1) is 24.0 Å². The molecular formula is C20H14N2O6. The molecule has 0 saturated carbocycles. The first-order valence-electron chi connectivity index (χ1n) is 8.75. The van der Waals surface area contributed by atoms with Crippen molar-refractivity contribution in [3.8, 4) is 11.6 Å². The van der Waals surface area contributed by atoms with Crippen LogP contribution in [0, 0.1) is 11.8 Å². The molecule has 0 N–H and O–H groups in total. The Balaban J connectivity index is 1.37. The molecule has 28 heavy (non-hydrogen) atoms. The zero-order valence-corrected chi connectivity index (χ0v) is 14.4. The lowest BCUT2D eigenvalue weighted by molar-refractivity contribution is -0.177. The van der Waals surface area contributed by atoms with E-state index in [1.807, 2.05) is 6.07 Å². The monoisotopic (exact) mass is 378 g/mol. The van der Waals surface area contributed by atoms with Crippen molar-refractivity contribution >= 4 is 17.8 Å². The molecule has 3 aliphatic heterocycles. The van der Waals surface area contributed by atoms with E-state index in [0.717, 1.165) is 0 Å². The van der Waals surface area contributed by atoms with Crippen molar-refractivity contribution in [2.24, 2.45) is 11.8 Å². The van der Waals surface area contributed by atoms with Crippen molar-refractivity contribution in [1.82, 2.24) is 10.0 Å². The minimum absolute atomic E-state index is 0.00126. The molecule has 4 atom stereocenters. The summed E-state index contributed by atoms with van der Waals surface area (Å²) in [5, 5.41) is 0.548. The fraction of sp³-hybridized carbons (Fsp3) is 0.200. The summed E-state index contributed by atoms with van der Waals surface area (Å²) in [5.74, 6) is -2.85. The Labute approximate surface area is 159 Å². The molecular weight excluding hydrogens is 364 g/mol. The third kappa shape index (κ3) is 2.49. The minimum atomic E-state index is -0.901. The maximum Gasteiger partial charge on any atom is 0.369 e. The second kappa shape index (κ2) is 6.28. The zero-order valence-electron chi connectivity index (χ0n) is 14.4. The van der Waals surface area contributed by atoms with E-state index < -0.39 is 41.8 Å². The second-order valence-corrected chi connectivity index (χ2v) is 6.62. The summed E-state index contributed by atoms with van der Waals surface area (Å²) in [6, 6.07) is 11.8. The van der Waals surface area contributed by atoms with Crippen molar-refractivity contribution in [3.63, 3.8) is 0 Å². The Bertz CT molecular complexity index is 975. The van der Waals surface area contributed by atoms with Gasteiger partial charge in [0.15, 0.2) is 0 Å². The number of aromatic nitrogens is 1. The number of carbonyl (C=O) groups is 3. The Hall–Kier alpha value is -3.52. The summed E-state index contributed by atoms with van der Waals surface area (Å²) < 4.78 is 11.2. The normalized spacial score (nSPS) is 27.2. The summed E-state index contributed by atoms with van der Waals surface area (Å²) >= 11 is 0. The Morgan fingerprint density at radius 3 is 2.32 bits per heavy atom. The number of nitrogens with zero attached hydrogens (tertiary/aromatic N) is 2. The van der Waals surface area contributed by atoms with Crippen LogP contribution in [0.25, 0.3) is 0 Å². The third-order valence-corrected chi connectivity index (χ3v) is 4.99. The van der Waals surface area contributed by atoms with Gasteiger partial charge in [0.25, 0.3) is 11.8 Å². The van der Waals surface area contributed by atoms with Gasteiger partial charge in [-0.05, 0) is 24.3 Å². The number of pyridine rings is 1. The molecule has 8 heteroatoms. The van der Waals surface area contributed by atoms with E-state index >= 15 is 0 Å². The van der Waals surface area contributed by atoms with Gasteiger partial charge in [-0.2, -0.15) is 0 Å². The molecule has 3 aliphatic rings. The number of para-hydroxylation sites is 1. The van der Waals surface area contributed by atoms with Crippen LogP contribution in [0.5, 0.6) is 11.6 Å². The summed E-state index contributed by atoms with van der Waals surface area (Å²) in [5.41, 5.74) is 0.00126. The molecule has 0 spiro atoms. The van der Waals surface area contributed by atoms with Gasteiger partial charge in [-0.15, -0.1) is 5.06 Å². The molecule has 2 amide bonds. The van der Waals surface area contributed by atoms with Crippen LogP contribution in [-0.2, 0) is 19.2 Å². The first-order chi connectivity index (χ1) is 13.6. The van der Waals surface area contributed by atoms with Gasteiger partial charge in [0.1, 0.15) is 11.3 Å². The molecule has 2 aromatic rings. The van der Waals surface area contributed by atoms with Crippen molar-refractivity contribution in [1.29, 1.82) is 0 Å². The van der Waals surface area contributed by atoms with Crippen molar-refractivity contribution in [2.75, 3.05) is 0 Å². The maximum absolute atomic E-state index is 12.7. The number of rotatable bonds is 4. The van der Waals surface area contributed by atoms with Crippen LogP contribution in [0.1, 0.15) is 10.4 Å².